The van der Waals surface area contributed by atoms with Gasteiger partial charge in [-0.15, -0.1) is 0 Å². The number of ether oxygens (including phenoxy) is 1. The molecule has 0 aromatic rings. The minimum absolute atomic E-state index is 0.178. The highest BCUT2D eigenvalue weighted by atomic mass is 16.5. The molecule has 2 N–H and O–H groups in total. The Kier molecular flexibility index (Phi) is 9.36. The summed E-state index contributed by atoms with van der Waals surface area (Å²) in [6, 6.07) is 0. The van der Waals surface area contributed by atoms with Gasteiger partial charge < -0.3 is 14.9 Å². The average molecular weight is 200 g/mol. The molecule has 0 saturated heterocycles. The molecule has 0 aromatic heterocycles. The first-order chi connectivity index (χ1) is 6.45. The molecule has 0 saturated carbocycles. The van der Waals surface area contributed by atoms with E-state index in [9.17, 15) is 9.59 Å². The molecule has 0 radical (unpaired) electrons. The van der Waals surface area contributed by atoms with E-state index in [2.05, 4.69) is 17.9 Å². The molecule has 0 spiro atoms. The van der Waals surface area contributed by atoms with E-state index >= 15 is 0 Å². The predicted octanol–water partition coefficient (Wildman–Crippen LogP) is 1.39. The SMILES string of the molecule is C/C(=C\C(=O)O)C(=O)O.C=COC=C. The molecule has 78 valence electrons. The van der Waals surface area contributed by atoms with Crippen LogP contribution in [0.1, 0.15) is 6.92 Å². The lowest BCUT2D eigenvalue weighted by Crippen LogP contribution is -1.99. The quantitative estimate of drug-likeness (QED) is 0.529. The van der Waals surface area contributed by atoms with Crippen molar-refractivity contribution in [2.75, 3.05) is 0 Å². The van der Waals surface area contributed by atoms with E-state index in [1.807, 2.05) is 0 Å². The van der Waals surface area contributed by atoms with Gasteiger partial charge in [-0.1, -0.05) is 13.2 Å². The Morgan fingerprint density at radius 1 is 1.21 bits per heavy atom. The molecular formula is C9H12O5. The summed E-state index contributed by atoms with van der Waals surface area (Å²) < 4.78 is 4.36. The first kappa shape index (κ1) is 14.5. The standard InChI is InChI=1S/C5H6O4.C4H6O/c1-3(5(8)9)2-4(6)7;1-3-5-4-2/h2H,1H3,(H,6,7)(H,8,9);3-4H,1-2H2/b3-2+;. The minimum atomic E-state index is -1.24. The molecule has 0 heterocycles. The highest BCUT2D eigenvalue weighted by Gasteiger charge is 2.00. The Morgan fingerprint density at radius 3 is 1.71 bits per heavy atom. The van der Waals surface area contributed by atoms with Gasteiger partial charge in [-0.3, -0.25) is 0 Å². The maximum atomic E-state index is 9.90. The molecule has 0 unspecified atom stereocenters. The maximum Gasteiger partial charge on any atom is 0.331 e. The van der Waals surface area contributed by atoms with Crippen molar-refractivity contribution < 1.29 is 24.5 Å². The first-order valence-electron chi connectivity index (χ1n) is 3.47. The van der Waals surface area contributed by atoms with Crippen LogP contribution in [0.5, 0.6) is 0 Å². The van der Waals surface area contributed by atoms with Gasteiger partial charge in [-0.05, 0) is 6.92 Å². The van der Waals surface area contributed by atoms with E-state index in [0.717, 1.165) is 0 Å². The number of carboxylic acid groups (broad SMARTS) is 2. The summed E-state index contributed by atoms with van der Waals surface area (Å²) in [5.41, 5.74) is -0.178. The summed E-state index contributed by atoms with van der Waals surface area (Å²) in [5, 5.41) is 16.1. The van der Waals surface area contributed by atoms with Crippen molar-refractivity contribution in [3.63, 3.8) is 0 Å². The second-order valence-electron chi connectivity index (χ2n) is 1.94. The Hall–Kier alpha value is -2.04. The van der Waals surface area contributed by atoms with Crippen LogP contribution in [0.3, 0.4) is 0 Å². The number of carbonyl (C=O) groups is 2. The van der Waals surface area contributed by atoms with Crippen LogP contribution in [0.4, 0.5) is 0 Å². The van der Waals surface area contributed by atoms with Crippen molar-refractivity contribution in [2.24, 2.45) is 0 Å². The summed E-state index contributed by atoms with van der Waals surface area (Å²) in [4.78, 5) is 19.7. The minimum Gasteiger partial charge on any atom is -0.478 e. The van der Waals surface area contributed by atoms with E-state index in [-0.39, 0.29) is 5.57 Å². The zero-order valence-corrected chi connectivity index (χ0v) is 7.77. The maximum absolute atomic E-state index is 9.90. The van der Waals surface area contributed by atoms with Crippen LogP contribution in [-0.4, -0.2) is 22.2 Å². The molecule has 0 aliphatic rings. The third-order valence-electron chi connectivity index (χ3n) is 0.870. The zero-order valence-electron chi connectivity index (χ0n) is 7.77. The highest BCUT2D eigenvalue weighted by Crippen LogP contribution is 1.89. The van der Waals surface area contributed by atoms with E-state index in [0.29, 0.717) is 6.08 Å². The van der Waals surface area contributed by atoms with E-state index in [1.165, 1.54) is 19.4 Å². The zero-order chi connectivity index (χ0) is 11.6. The molecule has 0 atom stereocenters. The van der Waals surface area contributed by atoms with Gasteiger partial charge in [0.2, 0.25) is 0 Å². The summed E-state index contributed by atoms with van der Waals surface area (Å²) in [6.45, 7) is 7.73. The molecular weight excluding hydrogens is 188 g/mol. The molecule has 0 amide bonds. The van der Waals surface area contributed by atoms with Crippen molar-refractivity contribution in [1.82, 2.24) is 0 Å². The Bertz CT molecular complexity index is 246. The van der Waals surface area contributed by atoms with Gasteiger partial charge in [0.25, 0.3) is 0 Å². The number of aliphatic carboxylic acids is 2. The number of hydrogen-bond acceptors (Lipinski definition) is 3. The second kappa shape index (κ2) is 9.05. The number of rotatable bonds is 4. The van der Waals surface area contributed by atoms with Gasteiger partial charge in [0.1, 0.15) is 0 Å². The third kappa shape index (κ3) is 12.6. The lowest BCUT2D eigenvalue weighted by molar-refractivity contribution is -0.135. The van der Waals surface area contributed by atoms with Crippen molar-refractivity contribution in [3.05, 3.63) is 37.3 Å². The van der Waals surface area contributed by atoms with E-state index < -0.39 is 11.9 Å². The molecule has 0 bridgehead atoms. The van der Waals surface area contributed by atoms with Gasteiger partial charge in [0, 0.05) is 11.6 Å². The van der Waals surface area contributed by atoms with Crippen molar-refractivity contribution in [2.45, 2.75) is 6.92 Å². The van der Waals surface area contributed by atoms with E-state index in [4.69, 9.17) is 10.2 Å². The Labute approximate surface area is 81.6 Å². The molecule has 5 nitrogen and oxygen atoms in total. The summed E-state index contributed by atoms with van der Waals surface area (Å²) in [7, 11) is 0. The molecule has 0 aliphatic heterocycles. The molecule has 14 heavy (non-hydrogen) atoms. The lowest BCUT2D eigenvalue weighted by atomic mass is 10.3. The summed E-state index contributed by atoms with van der Waals surface area (Å²) >= 11 is 0. The van der Waals surface area contributed by atoms with Crippen LogP contribution in [0, 0.1) is 0 Å². The van der Waals surface area contributed by atoms with Gasteiger partial charge >= 0.3 is 11.9 Å². The monoisotopic (exact) mass is 200 g/mol. The highest BCUT2D eigenvalue weighted by molar-refractivity contribution is 5.93. The molecule has 5 heteroatoms. The van der Waals surface area contributed by atoms with Crippen molar-refractivity contribution in [1.29, 1.82) is 0 Å². The Morgan fingerprint density at radius 2 is 1.64 bits per heavy atom. The molecule has 0 rings (SSSR count). The fourth-order valence-electron chi connectivity index (χ4n) is 0.315. The lowest BCUT2D eigenvalue weighted by Gasteiger charge is -1.86. The fraction of sp³-hybridized carbons (Fsp3) is 0.111. The van der Waals surface area contributed by atoms with Crippen LogP contribution in [-0.2, 0) is 14.3 Å². The predicted molar refractivity (Wildman–Crippen MR) is 50.5 cm³/mol. The molecule has 0 aliphatic carbocycles. The average Bonchev–Trinajstić information content (AvgIpc) is 2.05. The third-order valence-corrected chi connectivity index (χ3v) is 0.870. The number of carboxylic acids is 2. The topological polar surface area (TPSA) is 83.8 Å². The van der Waals surface area contributed by atoms with Crippen molar-refractivity contribution in [3.8, 4) is 0 Å². The van der Waals surface area contributed by atoms with Gasteiger partial charge in [-0.2, -0.15) is 0 Å². The number of hydrogen-bond donors (Lipinski definition) is 2. The van der Waals surface area contributed by atoms with Crippen LogP contribution >= 0.6 is 0 Å². The first-order valence-corrected chi connectivity index (χ1v) is 3.47. The molecule has 0 fully saturated rings. The van der Waals surface area contributed by atoms with Crippen LogP contribution < -0.4 is 0 Å². The summed E-state index contributed by atoms with van der Waals surface area (Å²) in [5.74, 6) is -2.45. The second-order valence-corrected chi connectivity index (χ2v) is 1.94. The van der Waals surface area contributed by atoms with Gasteiger partial charge in [0.15, 0.2) is 0 Å². The van der Waals surface area contributed by atoms with E-state index in [1.54, 1.807) is 0 Å². The fourth-order valence-corrected chi connectivity index (χ4v) is 0.315. The Balaban J connectivity index is 0. The summed E-state index contributed by atoms with van der Waals surface area (Å²) in [6.07, 6.45) is 3.27. The van der Waals surface area contributed by atoms with Crippen LogP contribution in [0.25, 0.3) is 0 Å². The van der Waals surface area contributed by atoms with Crippen LogP contribution in [0.2, 0.25) is 0 Å². The smallest absolute Gasteiger partial charge is 0.331 e. The normalized spacial score (nSPS) is 9.07. The van der Waals surface area contributed by atoms with Gasteiger partial charge in [0.05, 0.1) is 12.5 Å². The van der Waals surface area contributed by atoms with Crippen molar-refractivity contribution >= 4 is 11.9 Å². The van der Waals surface area contributed by atoms with Crippen LogP contribution in [0.15, 0.2) is 37.3 Å². The molecule has 0 aromatic carbocycles. The largest absolute Gasteiger partial charge is 0.478 e. The van der Waals surface area contributed by atoms with Gasteiger partial charge in [-0.25, -0.2) is 9.59 Å².